The van der Waals surface area contributed by atoms with E-state index in [1.807, 2.05) is 62.4 Å². The largest absolute Gasteiger partial charge is 0.493 e. The SMILES string of the molecule is Cc1c(OCCCNCC(=O)O)cccc1-c1cccc(-c2nnc(Nc3cccc(CNCCO)c3)o2)c1C. The standard InChI is InChI=1S/C30H35N5O5/c1-20-24(25-10-5-12-27(21(25)2)39-16-6-13-31-19-28(37)38)9-4-11-26(20)29-34-35-30(40-29)33-23-8-3-7-22(17-23)18-32-14-15-36/h3-5,7-12,17,31-32,36H,6,13-16,18-19H2,1-2H3,(H,33,35)(H,37,38). The van der Waals surface area contributed by atoms with Crippen LogP contribution >= 0.6 is 0 Å². The number of carbonyl (C=O) groups is 1. The van der Waals surface area contributed by atoms with Crippen molar-refractivity contribution in [3.63, 3.8) is 0 Å². The number of rotatable bonds is 15. The molecule has 1 heterocycles. The van der Waals surface area contributed by atoms with Crippen LogP contribution in [-0.4, -0.2) is 59.2 Å². The average molecular weight is 546 g/mol. The Bertz CT molecular complexity index is 1420. The Morgan fingerprint density at radius 3 is 2.48 bits per heavy atom. The molecule has 0 saturated carbocycles. The molecule has 0 aliphatic heterocycles. The van der Waals surface area contributed by atoms with Gasteiger partial charge < -0.3 is 35.3 Å². The number of aliphatic hydroxyl groups is 1. The van der Waals surface area contributed by atoms with Gasteiger partial charge in [0, 0.05) is 24.3 Å². The molecule has 10 nitrogen and oxygen atoms in total. The highest BCUT2D eigenvalue weighted by Crippen LogP contribution is 2.36. The van der Waals surface area contributed by atoms with E-state index in [0.29, 0.717) is 44.6 Å². The fourth-order valence-corrected chi connectivity index (χ4v) is 4.37. The first-order valence-electron chi connectivity index (χ1n) is 13.2. The maximum atomic E-state index is 10.6. The number of hydrogen-bond donors (Lipinski definition) is 5. The summed E-state index contributed by atoms with van der Waals surface area (Å²) in [6, 6.07) is 20.1. The van der Waals surface area contributed by atoms with Crippen molar-refractivity contribution in [3.05, 3.63) is 77.4 Å². The van der Waals surface area contributed by atoms with Gasteiger partial charge >= 0.3 is 12.0 Å². The lowest BCUT2D eigenvalue weighted by atomic mass is 9.93. The Morgan fingerprint density at radius 1 is 0.925 bits per heavy atom. The highest BCUT2D eigenvalue weighted by molar-refractivity contribution is 5.78. The van der Waals surface area contributed by atoms with Crippen molar-refractivity contribution in [2.45, 2.75) is 26.8 Å². The van der Waals surface area contributed by atoms with Crippen LogP contribution in [0.5, 0.6) is 5.75 Å². The van der Waals surface area contributed by atoms with E-state index in [2.05, 4.69) is 38.3 Å². The first kappa shape index (κ1) is 28.8. The van der Waals surface area contributed by atoms with Crippen LogP contribution in [0.2, 0.25) is 0 Å². The number of carboxylic acids is 1. The number of aliphatic hydroxyl groups excluding tert-OH is 1. The van der Waals surface area contributed by atoms with E-state index in [-0.39, 0.29) is 13.2 Å². The van der Waals surface area contributed by atoms with Crippen molar-refractivity contribution < 1.29 is 24.2 Å². The molecule has 0 spiro atoms. The normalized spacial score (nSPS) is 11.0. The fourth-order valence-electron chi connectivity index (χ4n) is 4.37. The van der Waals surface area contributed by atoms with Crippen LogP contribution < -0.4 is 20.7 Å². The molecule has 5 N–H and O–H groups in total. The Labute approximate surface area is 233 Å². The third kappa shape index (κ3) is 7.66. The van der Waals surface area contributed by atoms with Gasteiger partial charge in [0.15, 0.2) is 0 Å². The molecule has 0 saturated heterocycles. The molecule has 0 amide bonds. The summed E-state index contributed by atoms with van der Waals surface area (Å²) < 4.78 is 12.0. The van der Waals surface area contributed by atoms with Gasteiger partial charge in [-0.25, -0.2) is 0 Å². The van der Waals surface area contributed by atoms with Gasteiger partial charge in [-0.2, -0.15) is 0 Å². The van der Waals surface area contributed by atoms with Gasteiger partial charge in [-0.15, -0.1) is 5.10 Å². The van der Waals surface area contributed by atoms with Gasteiger partial charge in [0.1, 0.15) is 5.75 Å². The van der Waals surface area contributed by atoms with Crippen molar-refractivity contribution in [1.82, 2.24) is 20.8 Å². The number of nitrogens with one attached hydrogen (secondary N) is 3. The molecule has 4 aromatic rings. The lowest BCUT2D eigenvalue weighted by Crippen LogP contribution is -2.24. The van der Waals surface area contributed by atoms with Crippen LogP contribution in [0.25, 0.3) is 22.6 Å². The third-order valence-electron chi connectivity index (χ3n) is 6.39. The van der Waals surface area contributed by atoms with Crippen LogP contribution in [-0.2, 0) is 11.3 Å². The topological polar surface area (TPSA) is 142 Å². The summed E-state index contributed by atoms with van der Waals surface area (Å²) >= 11 is 0. The second kappa shape index (κ2) is 14.2. The maximum absolute atomic E-state index is 10.6. The zero-order valence-corrected chi connectivity index (χ0v) is 22.7. The molecule has 3 aromatic carbocycles. The van der Waals surface area contributed by atoms with Crippen LogP contribution in [0, 0.1) is 13.8 Å². The van der Waals surface area contributed by atoms with Gasteiger partial charge in [0.2, 0.25) is 5.89 Å². The minimum Gasteiger partial charge on any atom is -0.493 e. The second-order valence-corrected chi connectivity index (χ2v) is 9.32. The van der Waals surface area contributed by atoms with E-state index in [1.54, 1.807) is 0 Å². The number of carboxylic acid groups (broad SMARTS) is 1. The molecule has 0 bridgehead atoms. The molecular formula is C30H35N5O5. The lowest BCUT2D eigenvalue weighted by Gasteiger charge is -2.15. The zero-order chi connectivity index (χ0) is 28.3. The van der Waals surface area contributed by atoms with Crippen LogP contribution in [0.4, 0.5) is 11.7 Å². The molecule has 0 aliphatic carbocycles. The minimum absolute atomic E-state index is 0.0568. The Morgan fingerprint density at radius 2 is 1.68 bits per heavy atom. The summed E-state index contributed by atoms with van der Waals surface area (Å²) in [6.07, 6.45) is 0.698. The third-order valence-corrected chi connectivity index (χ3v) is 6.39. The molecule has 210 valence electrons. The number of aliphatic carboxylic acids is 1. The molecule has 0 aliphatic rings. The summed E-state index contributed by atoms with van der Waals surface area (Å²) in [5, 5.41) is 35.4. The first-order valence-corrected chi connectivity index (χ1v) is 13.2. The molecule has 1 aromatic heterocycles. The molecule has 4 rings (SSSR count). The molecule has 0 fully saturated rings. The predicted octanol–water partition coefficient (Wildman–Crippen LogP) is 4.29. The van der Waals surface area contributed by atoms with Gasteiger partial charge in [0.25, 0.3) is 0 Å². The Hall–Kier alpha value is -4.25. The number of hydrogen-bond acceptors (Lipinski definition) is 9. The Balaban J connectivity index is 1.46. The van der Waals surface area contributed by atoms with Crippen LogP contribution in [0.15, 0.2) is 65.1 Å². The molecule has 40 heavy (non-hydrogen) atoms. The van der Waals surface area contributed by atoms with Crippen molar-refractivity contribution >= 4 is 17.7 Å². The number of ether oxygens (including phenoxy) is 1. The quantitative estimate of drug-likeness (QED) is 0.137. The first-order chi connectivity index (χ1) is 19.5. The van der Waals surface area contributed by atoms with Crippen molar-refractivity contribution in [3.8, 4) is 28.3 Å². The molecular weight excluding hydrogens is 510 g/mol. The minimum atomic E-state index is -0.871. The van der Waals surface area contributed by atoms with E-state index >= 15 is 0 Å². The highest BCUT2D eigenvalue weighted by Gasteiger charge is 2.16. The Kier molecular flexibility index (Phi) is 10.2. The van der Waals surface area contributed by atoms with E-state index in [9.17, 15) is 4.79 Å². The second-order valence-electron chi connectivity index (χ2n) is 9.32. The summed E-state index contributed by atoms with van der Waals surface area (Å²) in [7, 11) is 0. The van der Waals surface area contributed by atoms with E-state index in [1.165, 1.54) is 0 Å². The van der Waals surface area contributed by atoms with Crippen molar-refractivity contribution in [2.24, 2.45) is 0 Å². The summed E-state index contributed by atoms with van der Waals surface area (Å²) in [6.45, 7) is 6.33. The van der Waals surface area contributed by atoms with E-state index in [0.717, 1.165) is 44.8 Å². The smallest absolute Gasteiger partial charge is 0.320 e. The molecule has 10 heteroatoms. The van der Waals surface area contributed by atoms with Crippen molar-refractivity contribution in [1.29, 1.82) is 0 Å². The molecule has 0 unspecified atom stereocenters. The predicted molar refractivity (Wildman–Crippen MR) is 154 cm³/mol. The van der Waals surface area contributed by atoms with Gasteiger partial charge in [0.05, 0.1) is 19.8 Å². The monoisotopic (exact) mass is 545 g/mol. The summed E-state index contributed by atoms with van der Waals surface area (Å²) in [5.74, 6) is 0.337. The highest BCUT2D eigenvalue weighted by atomic mass is 16.5. The number of nitrogens with zero attached hydrogens (tertiary/aromatic N) is 2. The fraction of sp³-hybridized carbons (Fsp3) is 0.300. The van der Waals surface area contributed by atoms with Gasteiger partial charge in [-0.05, 0) is 78.9 Å². The molecule has 0 atom stereocenters. The zero-order valence-electron chi connectivity index (χ0n) is 22.7. The van der Waals surface area contributed by atoms with Gasteiger partial charge in [-0.3, -0.25) is 4.79 Å². The van der Waals surface area contributed by atoms with E-state index < -0.39 is 5.97 Å². The average Bonchev–Trinajstić information content (AvgIpc) is 3.40. The van der Waals surface area contributed by atoms with Crippen LogP contribution in [0.3, 0.4) is 0 Å². The lowest BCUT2D eigenvalue weighted by molar-refractivity contribution is -0.135. The summed E-state index contributed by atoms with van der Waals surface area (Å²) in [4.78, 5) is 10.6. The maximum Gasteiger partial charge on any atom is 0.320 e. The molecule has 0 radical (unpaired) electrons. The van der Waals surface area contributed by atoms with Crippen LogP contribution in [0.1, 0.15) is 23.1 Å². The summed E-state index contributed by atoms with van der Waals surface area (Å²) in [5.41, 5.74) is 6.85. The van der Waals surface area contributed by atoms with E-state index in [4.69, 9.17) is 19.4 Å². The number of anilines is 2. The van der Waals surface area contributed by atoms with Crippen molar-refractivity contribution in [2.75, 3.05) is 38.2 Å². The number of benzene rings is 3. The number of aromatic nitrogens is 2. The van der Waals surface area contributed by atoms with Gasteiger partial charge in [-0.1, -0.05) is 41.5 Å².